The monoisotopic (exact) mass is 413 g/mol. The van der Waals surface area contributed by atoms with Gasteiger partial charge in [-0.3, -0.25) is 14.7 Å². The first-order valence-electron chi connectivity index (χ1n) is 10.9. The number of H-pyrrole nitrogens is 1. The first kappa shape index (κ1) is 20.7. The number of carbonyl (C=O) groups excluding carboxylic acids is 2. The lowest BCUT2D eigenvalue weighted by Crippen LogP contribution is -2.42. The molecule has 2 aliphatic rings. The van der Waals surface area contributed by atoms with Gasteiger partial charge in [0, 0.05) is 50.0 Å². The van der Waals surface area contributed by atoms with Gasteiger partial charge >= 0.3 is 0 Å². The van der Waals surface area contributed by atoms with Crippen LogP contribution in [-0.2, 0) is 11.3 Å². The number of nitrogens with zero attached hydrogens (tertiary/aromatic N) is 4. The molecule has 0 unspecified atom stereocenters. The van der Waals surface area contributed by atoms with Crippen LogP contribution in [0.2, 0.25) is 0 Å². The molecule has 2 amide bonds. The molecule has 4 heterocycles. The van der Waals surface area contributed by atoms with Gasteiger partial charge in [0.25, 0.3) is 11.8 Å². The van der Waals surface area contributed by atoms with Crippen LogP contribution in [0.15, 0.2) is 12.3 Å². The molecule has 0 aromatic carbocycles. The number of carbonyl (C=O) groups is 2. The van der Waals surface area contributed by atoms with Crippen LogP contribution in [0.4, 0.5) is 0 Å². The Kier molecular flexibility index (Phi) is 5.94. The molecule has 0 saturated carbocycles. The molecule has 2 aromatic rings. The number of likely N-dealkylation sites (tertiary alicyclic amines) is 1. The van der Waals surface area contributed by atoms with E-state index in [1.54, 1.807) is 6.20 Å². The minimum absolute atomic E-state index is 0.00279. The number of piperidine rings is 1. The van der Waals surface area contributed by atoms with Crippen LogP contribution in [0.25, 0.3) is 0 Å². The lowest BCUT2D eigenvalue weighted by molar-refractivity contribution is 0.0301. The Balaban J connectivity index is 1.52. The maximum Gasteiger partial charge on any atom is 0.257 e. The Morgan fingerprint density at radius 3 is 2.57 bits per heavy atom. The molecule has 0 spiro atoms. The topological polar surface area (TPSA) is 83.5 Å². The maximum absolute atomic E-state index is 13.3. The Morgan fingerprint density at radius 2 is 1.87 bits per heavy atom. The number of ether oxygens (including phenoxy) is 1. The van der Waals surface area contributed by atoms with Crippen LogP contribution >= 0.6 is 0 Å². The number of amides is 2. The van der Waals surface area contributed by atoms with Crippen LogP contribution in [-0.4, -0.2) is 75.8 Å². The zero-order valence-corrected chi connectivity index (χ0v) is 18.1. The summed E-state index contributed by atoms with van der Waals surface area (Å²) in [6.07, 6.45) is 3.47. The van der Waals surface area contributed by atoms with E-state index in [1.165, 1.54) is 0 Å². The number of hydrogen-bond acceptors (Lipinski definition) is 4. The fourth-order valence-corrected chi connectivity index (χ4v) is 4.79. The zero-order valence-electron chi connectivity index (χ0n) is 18.1. The number of morpholine rings is 1. The third-order valence-electron chi connectivity index (χ3n) is 6.43. The smallest absolute Gasteiger partial charge is 0.257 e. The van der Waals surface area contributed by atoms with Crippen LogP contribution in [0.1, 0.15) is 63.5 Å². The Hall–Kier alpha value is -2.61. The van der Waals surface area contributed by atoms with E-state index in [9.17, 15) is 9.59 Å². The maximum atomic E-state index is 13.3. The third-order valence-corrected chi connectivity index (χ3v) is 6.43. The summed E-state index contributed by atoms with van der Waals surface area (Å²) in [6.45, 7) is 10.7. The molecular formula is C22H31N5O3. The lowest BCUT2D eigenvalue weighted by Gasteiger charge is -2.33. The van der Waals surface area contributed by atoms with E-state index in [4.69, 9.17) is 4.74 Å². The van der Waals surface area contributed by atoms with Crippen LogP contribution < -0.4 is 0 Å². The first-order valence-corrected chi connectivity index (χ1v) is 10.9. The van der Waals surface area contributed by atoms with E-state index < -0.39 is 0 Å². The number of rotatable bonds is 4. The second kappa shape index (κ2) is 8.63. The normalized spacial score (nSPS) is 19.9. The largest absolute Gasteiger partial charge is 0.378 e. The van der Waals surface area contributed by atoms with Crippen molar-refractivity contribution < 1.29 is 14.3 Å². The molecular weight excluding hydrogens is 382 g/mol. The summed E-state index contributed by atoms with van der Waals surface area (Å²) in [5.41, 5.74) is 4.39. The summed E-state index contributed by atoms with van der Waals surface area (Å²) < 4.78 is 7.53. The molecule has 2 aliphatic heterocycles. The van der Waals surface area contributed by atoms with Crippen molar-refractivity contribution in [2.45, 2.75) is 46.1 Å². The zero-order chi connectivity index (χ0) is 21.3. The van der Waals surface area contributed by atoms with Crippen molar-refractivity contribution in [2.75, 3.05) is 39.4 Å². The van der Waals surface area contributed by atoms with E-state index >= 15 is 0 Å². The van der Waals surface area contributed by atoms with Crippen LogP contribution in [0.5, 0.6) is 0 Å². The van der Waals surface area contributed by atoms with E-state index in [0.29, 0.717) is 38.4 Å². The molecule has 8 nitrogen and oxygen atoms in total. The van der Waals surface area contributed by atoms with Crippen molar-refractivity contribution in [3.05, 3.63) is 40.5 Å². The Morgan fingerprint density at radius 1 is 1.13 bits per heavy atom. The molecule has 2 fully saturated rings. The quantitative estimate of drug-likeness (QED) is 0.834. The summed E-state index contributed by atoms with van der Waals surface area (Å²) >= 11 is 0. The molecule has 0 aliphatic carbocycles. The minimum Gasteiger partial charge on any atom is -0.378 e. The Bertz CT molecular complexity index is 925. The highest BCUT2D eigenvalue weighted by Gasteiger charge is 2.32. The van der Waals surface area contributed by atoms with Gasteiger partial charge in [-0.15, -0.1) is 0 Å². The average Bonchev–Trinajstić information content (AvgIpc) is 3.37. The molecule has 162 valence electrons. The van der Waals surface area contributed by atoms with Crippen molar-refractivity contribution in [3.8, 4) is 0 Å². The summed E-state index contributed by atoms with van der Waals surface area (Å²) in [6, 6.07) is 1.99. The highest BCUT2D eigenvalue weighted by atomic mass is 16.5. The van der Waals surface area contributed by atoms with Crippen molar-refractivity contribution >= 4 is 11.8 Å². The van der Waals surface area contributed by atoms with Gasteiger partial charge in [0.05, 0.1) is 36.2 Å². The molecule has 4 rings (SSSR count). The molecule has 0 bridgehead atoms. The SMILES string of the molecule is CCn1c(C)cc(C(=O)N2CCC[C@H](c3[nH]ncc3C(=O)N3CCOCC3)C2)c1C. The fraction of sp³-hybridized carbons (Fsp3) is 0.591. The van der Waals surface area contributed by atoms with Gasteiger partial charge in [0.15, 0.2) is 0 Å². The number of hydrogen-bond donors (Lipinski definition) is 1. The predicted octanol–water partition coefficient (Wildman–Crippen LogP) is 2.34. The lowest BCUT2D eigenvalue weighted by atomic mass is 9.91. The van der Waals surface area contributed by atoms with E-state index in [1.807, 2.05) is 29.7 Å². The van der Waals surface area contributed by atoms with E-state index in [-0.39, 0.29) is 17.7 Å². The number of aryl methyl sites for hydroxylation is 1. The van der Waals surface area contributed by atoms with Crippen LogP contribution in [0, 0.1) is 13.8 Å². The second-order valence-electron chi connectivity index (χ2n) is 8.22. The minimum atomic E-state index is -0.00279. The standard InChI is InChI=1S/C22H31N5O3/c1-4-27-15(2)12-18(16(27)3)21(28)26-7-5-6-17(14-26)20-19(13-23-24-20)22(29)25-8-10-30-11-9-25/h12-13,17H,4-11,14H2,1-3H3,(H,23,24)/t17-/m0/s1. The number of aromatic amines is 1. The molecule has 8 heteroatoms. The van der Waals surface area contributed by atoms with Gasteiger partial charge in [-0.25, -0.2) is 0 Å². The van der Waals surface area contributed by atoms with E-state index in [0.717, 1.165) is 48.6 Å². The van der Waals surface area contributed by atoms with Crippen molar-refractivity contribution in [3.63, 3.8) is 0 Å². The molecule has 1 N–H and O–H groups in total. The van der Waals surface area contributed by atoms with Gasteiger partial charge in [-0.1, -0.05) is 0 Å². The predicted molar refractivity (Wildman–Crippen MR) is 113 cm³/mol. The van der Waals surface area contributed by atoms with Crippen molar-refractivity contribution in [1.82, 2.24) is 24.6 Å². The van der Waals surface area contributed by atoms with Crippen LogP contribution in [0.3, 0.4) is 0 Å². The number of nitrogens with one attached hydrogen (secondary N) is 1. The second-order valence-corrected chi connectivity index (χ2v) is 8.22. The van der Waals surface area contributed by atoms with Gasteiger partial charge in [0.2, 0.25) is 0 Å². The molecule has 2 saturated heterocycles. The average molecular weight is 414 g/mol. The summed E-state index contributed by atoms with van der Waals surface area (Å²) in [7, 11) is 0. The summed E-state index contributed by atoms with van der Waals surface area (Å²) in [4.78, 5) is 30.0. The molecule has 2 aromatic heterocycles. The summed E-state index contributed by atoms with van der Waals surface area (Å²) in [5, 5.41) is 7.23. The van der Waals surface area contributed by atoms with Gasteiger partial charge in [-0.2, -0.15) is 5.10 Å². The van der Waals surface area contributed by atoms with Gasteiger partial charge in [-0.05, 0) is 39.7 Å². The third kappa shape index (κ3) is 3.76. The Labute approximate surface area is 177 Å². The summed E-state index contributed by atoms with van der Waals surface area (Å²) in [5.74, 6) is 0.157. The van der Waals surface area contributed by atoms with Crippen molar-refractivity contribution in [1.29, 1.82) is 0 Å². The molecule has 30 heavy (non-hydrogen) atoms. The molecule has 1 atom stereocenters. The van der Waals surface area contributed by atoms with Gasteiger partial charge in [0.1, 0.15) is 0 Å². The van der Waals surface area contributed by atoms with Gasteiger partial charge < -0.3 is 19.1 Å². The molecule has 0 radical (unpaired) electrons. The highest BCUT2D eigenvalue weighted by Crippen LogP contribution is 2.30. The highest BCUT2D eigenvalue weighted by molar-refractivity contribution is 5.96. The first-order chi connectivity index (χ1) is 14.5. The number of aromatic nitrogens is 3. The van der Waals surface area contributed by atoms with E-state index in [2.05, 4.69) is 21.7 Å². The fourth-order valence-electron chi connectivity index (χ4n) is 4.79. The van der Waals surface area contributed by atoms with Crippen molar-refractivity contribution in [2.24, 2.45) is 0 Å².